The van der Waals surface area contributed by atoms with Gasteiger partial charge in [-0.1, -0.05) is 25.3 Å². The van der Waals surface area contributed by atoms with Gasteiger partial charge in [0.25, 0.3) is 11.5 Å². The normalized spacial score (nSPS) is 16.8. The van der Waals surface area contributed by atoms with Gasteiger partial charge < -0.3 is 19.9 Å². The Balaban J connectivity index is 1.44. The number of aromatic nitrogens is 2. The van der Waals surface area contributed by atoms with Crippen LogP contribution < -0.4 is 25.4 Å². The third kappa shape index (κ3) is 5.35. The molecule has 1 aromatic carbocycles. The minimum atomic E-state index is -0.438. The van der Waals surface area contributed by atoms with Gasteiger partial charge >= 0.3 is 0 Å². The first kappa shape index (κ1) is 25.3. The monoisotopic (exact) mass is 512 g/mol. The van der Waals surface area contributed by atoms with Crippen molar-refractivity contribution in [3.63, 3.8) is 0 Å². The largest absolute Gasteiger partial charge is 0.497 e. The lowest BCUT2D eigenvalue weighted by Crippen LogP contribution is -2.47. The molecular formula is C29H32N6O3. The molecule has 1 aliphatic heterocycles. The molecular weight excluding hydrogens is 480 g/mol. The molecule has 0 spiro atoms. The van der Waals surface area contributed by atoms with Crippen LogP contribution in [0.3, 0.4) is 0 Å². The number of fused-ring (bicyclic) bond motifs is 1. The second-order valence-corrected chi connectivity index (χ2v) is 9.73. The first-order valence-electron chi connectivity index (χ1n) is 13.2. The number of hydrogen-bond donors (Lipinski definition) is 1. The summed E-state index contributed by atoms with van der Waals surface area (Å²) >= 11 is 0. The van der Waals surface area contributed by atoms with E-state index in [4.69, 9.17) is 9.72 Å². The van der Waals surface area contributed by atoms with E-state index >= 15 is 0 Å². The van der Waals surface area contributed by atoms with Crippen molar-refractivity contribution in [1.82, 2.24) is 14.7 Å². The highest BCUT2D eigenvalue weighted by atomic mass is 16.5. The molecule has 2 aromatic heterocycles. The third-order valence-electron chi connectivity index (χ3n) is 7.36. The maximum atomic E-state index is 13.6. The van der Waals surface area contributed by atoms with Crippen LogP contribution in [0.2, 0.25) is 0 Å². The third-order valence-corrected chi connectivity index (χ3v) is 7.36. The number of carbonyl (C=O) groups excluding carboxylic acids is 1. The number of nitrogens with one attached hydrogen (secondary N) is 1. The zero-order valence-corrected chi connectivity index (χ0v) is 21.6. The SMILES string of the molecule is COc1ccc(N2CCN(c3nc4ccccn4c(=O)c3/C=C(\C#N)C(=O)NC3CCCCC3)CC2)cc1. The van der Waals surface area contributed by atoms with Crippen LogP contribution in [-0.4, -0.2) is 54.6 Å². The summed E-state index contributed by atoms with van der Waals surface area (Å²) in [4.78, 5) is 35.7. The standard InChI is InChI=1S/C29H32N6O3/c1-38-24-12-10-23(11-13-24)33-15-17-34(18-16-33)27-25(29(37)35-14-6-5-9-26(35)32-27)19-21(20-30)28(36)31-22-7-3-2-4-8-22/h5-6,9-14,19,22H,2-4,7-8,15-18H2,1H3,(H,31,36)/b21-19+. The smallest absolute Gasteiger partial charge is 0.267 e. The fourth-order valence-electron chi connectivity index (χ4n) is 5.23. The molecule has 3 aromatic rings. The van der Waals surface area contributed by atoms with Crippen LogP contribution in [0.25, 0.3) is 11.7 Å². The number of anilines is 2. The van der Waals surface area contributed by atoms with Crippen molar-refractivity contribution in [3.05, 3.63) is 70.2 Å². The van der Waals surface area contributed by atoms with Gasteiger partial charge in [0.15, 0.2) is 0 Å². The van der Waals surface area contributed by atoms with Crippen LogP contribution in [0.1, 0.15) is 37.7 Å². The van der Waals surface area contributed by atoms with E-state index in [1.807, 2.05) is 36.4 Å². The zero-order valence-electron chi connectivity index (χ0n) is 21.6. The Bertz CT molecular complexity index is 1430. The van der Waals surface area contributed by atoms with Crippen molar-refractivity contribution < 1.29 is 9.53 Å². The van der Waals surface area contributed by atoms with Gasteiger partial charge in [-0.2, -0.15) is 5.26 Å². The van der Waals surface area contributed by atoms with Crippen molar-refractivity contribution in [2.45, 2.75) is 38.1 Å². The Labute approximate surface area is 222 Å². The lowest BCUT2D eigenvalue weighted by Gasteiger charge is -2.37. The number of ether oxygens (including phenoxy) is 1. The first-order valence-corrected chi connectivity index (χ1v) is 13.2. The number of piperazine rings is 1. The predicted octanol–water partition coefficient (Wildman–Crippen LogP) is 3.39. The van der Waals surface area contributed by atoms with Gasteiger partial charge in [-0.25, -0.2) is 4.98 Å². The number of amides is 1. The van der Waals surface area contributed by atoms with Crippen LogP contribution in [0.5, 0.6) is 5.75 Å². The maximum absolute atomic E-state index is 13.6. The maximum Gasteiger partial charge on any atom is 0.267 e. The molecule has 1 N–H and O–H groups in total. The molecule has 0 bridgehead atoms. The molecule has 0 radical (unpaired) electrons. The molecule has 1 amide bonds. The number of pyridine rings is 1. The Morgan fingerprint density at radius 3 is 2.45 bits per heavy atom. The lowest BCUT2D eigenvalue weighted by atomic mass is 9.95. The fraction of sp³-hybridized carbons (Fsp3) is 0.379. The molecule has 2 fully saturated rings. The molecule has 5 rings (SSSR count). The molecule has 1 aliphatic carbocycles. The van der Waals surface area contributed by atoms with Crippen LogP contribution in [0, 0.1) is 11.3 Å². The van der Waals surface area contributed by atoms with Gasteiger partial charge in [0.2, 0.25) is 0 Å². The Morgan fingerprint density at radius 1 is 1.05 bits per heavy atom. The van der Waals surface area contributed by atoms with E-state index in [9.17, 15) is 14.9 Å². The van der Waals surface area contributed by atoms with E-state index in [0.717, 1.165) is 50.2 Å². The zero-order chi connectivity index (χ0) is 26.5. The summed E-state index contributed by atoms with van der Waals surface area (Å²) in [5.41, 5.74) is 1.49. The molecule has 2 aliphatic rings. The molecule has 0 atom stereocenters. The average Bonchev–Trinajstić information content (AvgIpc) is 2.97. The van der Waals surface area contributed by atoms with Gasteiger partial charge in [0.05, 0.1) is 12.7 Å². The average molecular weight is 513 g/mol. The van der Waals surface area contributed by atoms with Gasteiger partial charge in [0.1, 0.15) is 28.9 Å². The van der Waals surface area contributed by atoms with Crippen molar-refractivity contribution >= 4 is 29.1 Å². The summed E-state index contributed by atoms with van der Waals surface area (Å²) in [6.45, 7) is 2.74. The fourth-order valence-corrected chi connectivity index (χ4v) is 5.23. The summed E-state index contributed by atoms with van der Waals surface area (Å²) in [7, 11) is 1.65. The van der Waals surface area contributed by atoms with E-state index in [0.29, 0.717) is 24.6 Å². The number of methoxy groups -OCH3 is 1. The van der Waals surface area contributed by atoms with Crippen LogP contribution in [-0.2, 0) is 4.79 Å². The molecule has 9 heteroatoms. The van der Waals surface area contributed by atoms with Crippen molar-refractivity contribution in [2.75, 3.05) is 43.1 Å². The topological polar surface area (TPSA) is 103 Å². The highest BCUT2D eigenvalue weighted by Crippen LogP contribution is 2.25. The number of hydrogen-bond acceptors (Lipinski definition) is 7. The van der Waals surface area contributed by atoms with Crippen molar-refractivity contribution in [2.24, 2.45) is 0 Å². The highest BCUT2D eigenvalue weighted by Gasteiger charge is 2.24. The number of nitrogens with zero attached hydrogens (tertiary/aromatic N) is 5. The molecule has 3 heterocycles. The summed E-state index contributed by atoms with van der Waals surface area (Å²) in [6, 6.07) is 15.4. The van der Waals surface area contributed by atoms with Crippen LogP contribution in [0.15, 0.2) is 59.0 Å². The summed E-state index contributed by atoms with van der Waals surface area (Å²) < 4.78 is 6.72. The second-order valence-electron chi connectivity index (χ2n) is 9.73. The van der Waals surface area contributed by atoms with Crippen molar-refractivity contribution in [1.29, 1.82) is 5.26 Å². The lowest BCUT2D eigenvalue weighted by molar-refractivity contribution is -0.117. The quantitative estimate of drug-likeness (QED) is 0.399. The van der Waals surface area contributed by atoms with Crippen molar-refractivity contribution in [3.8, 4) is 11.8 Å². The van der Waals surface area contributed by atoms with Gasteiger partial charge in [-0.15, -0.1) is 0 Å². The minimum absolute atomic E-state index is 0.0642. The summed E-state index contributed by atoms with van der Waals surface area (Å²) in [5, 5.41) is 12.8. The van der Waals surface area contributed by atoms with E-state index in [1.54, 1.807) is 25.4 Å². The first-order chi connectivity index (χ1) is 18.6. The van der Waals surface area contributed by atoms with Crippen LogP contribution >= 0.6 is 0 Å². The number of benzene rings is 1. The second kappa shape index (κ2) is 11.4. The van der Waals surface area contributed by atoms with E-state index in [1.165, 1.54) is 16.9 Å². The highest BCUT2D eigenvalue weighted by molar-refractivity contribution is 6.02. The minimum Gasteiger partial charge on any atom is -0.497 e. The Morgan fingerprint density at radius 2 is 1.76 bits per heavy atom. The van der Waals surface area contributed by atoms with Gasteiger partial charge in [0, 0.05) is 44.1 Å². The van der Waals surface area contributed by atoms with Crippen LogP contribution in [0.4, 0.5) is 11.5 Å². The number of carbonyl (C=O) groups is 1. The summed E-state index contributed by atoms with van der Waals surface area (Å²) in [5.74, 6) is 0.867. The van der Waals surface area contributed by atoms with E-state index in [2.05, 4.69) is 15.1 Å². The Kier molecular flexibility index (Phi) is 7.59. The van der Waals surface area contributed by atoms with Gasteiger partial charge in [-0.3, -0.25) is 14.0 Å². The molecule has 1 saturated heterocycles. The molecule has 9 nitrogen and oxygen atoms in total. The molecule has 0 unspecified atom stereocenters. The van der Waals surface area contributed by atoms with Gasteiger partial charge in [-0.05, 0) is 55.3 Å². The Hall–Kier alpha value is -4.32. The number of nitriles is 1. The predicted molar refractivity (Wildman–Crippen MR) is 147 cm³/mol. The van der Waals surface area contributed by atoms with E-state index < -0.39 is 5.91 Å². The number of rotatable bonds is 6. The molecule has 38 heavy (non-hydrogen) atoms. The summed E-state index contributed by atoms with van der Waals surface area (Å²) in [6.07, 6.45) is 8.20. The molecule has 1 saturated carbocycles. The van der Waals surface area contributed by atoms with E-state index in [-0.39, 0.29) is 22.7 Å². The molecule has 196 valence electrons.